The molecule has 0 atom stereocenters. The second-order valence-electron chi connectivity index (χ2n) is 6.89. The fourth-order valence-corrected chi connectivity index (χ4v) is 3.62. The van der Waals surface area contributed by atoms with Crippen molar-refractivity contribution in [2.75, 3.05) is 26.7 Å². The van der Waals surface area contributed by atoms with Crippen LogP contribution >= 0.6 is 11.6 Å². The molecule has 5 nitrogen and oxygen atoms in total. The number of imidazole rings is 1. The van der Waals surface area contributed by atoms with E-state index in [1.165, 1.54) is 0 Å². The highest BCUT2D eigenvalue weighted by molar-refractivity contribution is 6.31. The average Bonchev–Trinajstić information content (AvgIpc) is 2.80. The molecule has 132 valence electrons. The second kappa shape index (κ2) is 7.30. The highest BCUT2D eigenvalue weighted by Gasteiger charge is 2.24. The number of nitrogens with zero attached hydrogens (tertiary/aromatic N) is 3. The summed E-state index contributed by atoms with van der Waals surface area (Å²) in [5, 5.41) is 0.654. The van der Waals surface area contributed by atoms with E-state index >= 15 is 0 Å². The minimum atomic E-state index is 0.0502. The van der Waals surface area contributed by atoms with Crippen LogP contribution in [0.3, 0.4) is 0 Å². The van der Waals surface area contributed by atoms with E-state index in [0.717, 1.165) is 37.0 Å². The number of halogens is 1. The lowest BCUT2D eigenvalue weighted by Gasteiger charge is -2.29. The standard InChI is InChI=1S/C18H26ClN3O2/c1-13(2)24-11-10-21-17-12-14(19)4-5-16(17)22(18(21)23)15-6-8-20(3)9-7-15/h4-5,12-13,15H,6-11H2,1-3H3. The van der Waals surface area contributed by atoms with Gasteiger partial charge in [-0.25, -0.2) is 4.79 Å². The van der Waals surface area contributed by atoms with Gasteiger partial charge in [0.25, 0.3) is 0 Å². The van der Waals surface area contributed by atoms with E-state index in [1.54, 1.807) is 0 Å². The van der Waals surface area contributed by atoms with Crippen LogP contribution in [0.2, 0.25) is 5.02 Å². The van der Waals surface area contributed by atoms with Gasteiger partial charge in [0.05, 0.1) is 30.3 Å². The predicted molar refractivity (Wildman–Crippen MR) is 98.1 cm³/mol. The molecule has 0 saturated carbocycles. The van der Waals surface area contributed by atoms with Crippen LogP contribution in [-0.2, 0) is 11.3 Å². The van der Waals surface area contributed by atoms with E-state index in [-0.39, 0.29) is 17.8 Å². The molecule has 2 aromatic rings. The van der Waals surface area contributed by atoms with Crippen molar-refractivity contribution in [1.82, 2.24) is 14.0 Å². The molecule has 1 aliphatic rings. The molecule has 1 fully saturated rings. The predicted octanol–water partition coefficient (Wildman–Crippen LogP) is 3.15. The minimum Gasteiger partial charge on any atom is -0.377 e. The smallest absolute Gasteiger partial charge is 0.329 e. The van der Waals surface area contributed by atoms with Gasteiger partial charge in [0.15, 0.2) is 0 Å². The lowest BCUT2D eigenvalue weighted by Crippen LogP contribution is -2.36. The Morgan fingerprint density at radius 2 is 1.96 bits per heavy atom. The molecular weight excluding hydrogens is 326 g/mol. The Labute approximate surface area is 147 Å². The quantitative estimate of drug-likeness (QED) is 0.830. The molecule has 2 heterocycles. The fourth-order valence-electron chi connectivity index (χ4n) is 3.45. The Bertz CT molecular complexity index is 757. The third-order valence-electron chi connectivity index (χ3n) is 4.74. The van der Waals surface area contributed by atoms with Crippen molar-refractivity contribution < 1.29 is 4.74 Å². The average molecular weight is 352 g/mol. The summed E-state index contributed by atoms with van der Waals surface area (Å²) in [5.41, 5.74) is 1.93. The molecule has 1 aromatic carbocycles. The third kappa shape index (κ3) is 3.53. The Hall–Kier alpha value is -1.30. The molecule has 6 heteroatoms. The zero-order chi connectivity index (χ0) is 17.3. The first-order valence-electron chi connectivity index (χ1n) is 8.68. The van der Waals surface area contributed by atoms with E-state index in [0.29, 0.717) is 18.2 Å². The third-order valence-corrected chi connectivity index (χ3v) is 4.98. The molecule has 0 N–H and O–H groups in total. The number of likely N-dealkylation sites (tertiary alicyclic amines) is 1. The maximum atomic E-state index is 13.1. The molecule has 1 aliphatic heterocycles. The van der Waals surface area contributed by atoms with Crippen LogP contribution < -0.4 is 5.69 Å². The van der Waals surface area contributed by atoms with Crippen molar-refractivity contribution in [1.29, 1.82) is 0 Å². The van der Waals surface area contributed by atoms with Crippen LogP contribution in [0, 0.1) is 0 Å². The zero-order valence-electron chi connectivity index (χ0n) is 14.7. The highest BCUT2D eigenvalue weighted by Crippen LogP contribution is 2.26. The fraction of sp³-hybridized carbons (Fsp3) is 0.611. The summed E-state index contributed by atoms with van der Waals surface area (Å²) in [6.45, 7) is 7.12. The topological polar surface area (TPSA) is 39.4 Å². The largest absolute Gasteiger partial charge is 0.377 e. The van der Waals surface area contributed by atoms with E-state index in [4.69, 9.17) is 16.3 Å². The molecule has 1 aromatic heterocycles. The van der Waals surface area contributed by atoms with E-state index in [1.807, 2.05) is 41.2 Å². The monoisotopic (exact) mass is 351 g/mol. The van der Waals surface area contributed by atoms with Gasteiger partial charge in [0, 0.05) is 11.1 Å². The number of fused-ring (bicyclic) bond motifs is 1. The van der Waals surface area contributed by atoms with Gasteiger partial charge in [-0.15, -0.1) is 0 Å². The molecule has 24 heavy (non-hydrogen) atoms. The Morgan fingerprint density at radius 1 is 1.25 bits per heavy atom. The summed E-state index contributed by atoms with van der Waals surface area (Å²) >= 11 is 6.18. The maximum Gasteiger partial charge on any atom is 0.329 e. The van der Waals surface area contributed by atoms with Crippen molar-refractivity contribution in [2.24, 2.45) is 0 Å². The van der Waals surface area contributed by atoms with Crippen LogP contribution in [0.15, 0.2) is 23.0 Å². The van der Waals surface area contributed by atoms with Crippen LogP contribution in [0.4, 0.5) is 0 Å². The summed E-state index contributed by atoms with van der Waals surface area (Å²) in [6.07, 6.45) is 2.16. The van der Waals surface area contributed by atoms with Crippen molar-refractivity contribution in [3.8, 4) is 0 Å². The van der Waals surface area contributed by atoms with Crippen molar-refractivity contribution >= 4 is 22.6 Å². The van der Waals surface area contributed by atoms with Crippen molar-refractivity contribution in [3.63, 3.8) is 0 Å². The van der Waals surface area contributed by atoms with Crippen molar-refractivity contribution in [2.45, 2.75) is 45.4 Å². The number of ether oxygens (including phenoxy) is 1. The molecule has 0 radical (unpaired) electrons. The summed E-state index contributed by atoms with van der Waals surface area (Å²) in [6, 6.07) is 5.98. The van der Waals surface area contributed by atoms with Gasteiger partial charge in [0.2, 0.25) is 0 Å². The van der Waals surface area contributed by atoms with Crippen molar-refractivity contribution in [3.05, 3.63) is 33.7 Å². The van der Waals surface area contributed by atoms with Gasteiger partial charge in [-0.1, -0.05) is 11.6 Å². The molecule has 0 bridgehead atoms. The van der Waals surface area contributed by atoms with E-state index < -0.39 is 0 Å². The highest BCUT2D eigenvalue weighted by atomic mass is 35.5. The van der Waals surface area contributed by atoms with Crippen LogP contribution in [0.5, 0.6) is 0 Å². The summed E-state index contributed by atoms with van der Waals surface area (Å²) < 4.78 is 9.41. The number of rotatable bonds is 5. The molecule has 0 unspecified atom stereocenters. The summed E-state index contributed by atoms with van der Waals surface area (Å²) in [7, 11) is 2.13. The summed E-state index contributed by atoms with van der Waals surface area (Å²) in [5.74, 6) is 0. The zero-order valence-corrected chi connectivity index (χ0v) is 15.4. The number of piperidine rings is 1. The molecule has 0 spiro atoms. The molecular formula is C18H26ClN3O2. The minimum absolute atomic E-state index is 0.0502. The Morgan fingerprint density at radius 3 is 2.62 bits per heavy atom. The number of hydrogen-bond donors (Lipinski definition) is 0. The number of hydrogen-bond acceptors (Lipinski definition) is 3. The normalized spacial score (nSPS) is 17.2. The first kappa shape index (κ1) is 17.5. The second-order valence-corrected chi connectivity index (χ2v) is 7.33. The van der Waals surface area contributed by atoms with Gasteiger partial charge in [0.1, 0.15) is 0 Å². The Kier molecular flexibility index (Phi) is 5.33. The maximum absolute atomic E-state index is 13.1. The Balaban J connectivity index is 1.99. The molecule has 3 rings (SSSR count). The lowest BCUT2D eigenvalue weighted by atomic mass is 10.1. The van der Waals surface area contributed by atoms with Crippen LogP contribution in [-0.4, -0.2) is 46.9 Å². The lowest BCUT2D eigenvalue weighted by molar-refractivity contribution is 0.0726. The van der Waals surface area contributed by atoms with Gasteiger partial charge < -0.3 is 9.64 Å². The summed E-state index contributed by atoms with van der Waals surface area (Å²) in [4.78, 5) is 15.4. The van der Waals surface area contributed by atoms with Gasteiger partial charge in [-0.2, -0.15) is 0 Å². The van der Waals surface area contributed by atoms with E-state index in [2.05, 4.69) is 11.9 Å². The molecule has 0 aliphatic carbocycles. The van der Waals surface area contributed by atoms with Gasteiger partial charge in [-0.3, -0.25) is 9.13 Å². The molecule has 1 saturated heterocycles. The van der Waals surface area contributed by atoms with Crippen LogP contribution in [0.25, 0.3) is 11.0 Å². The first-order valence-corrected chi connectivity index (χ1v) is 9.05. The SMILES string of the molecule is CC(C)OCCn1c(=O)n(C2CCN(C)CC2)c2ccc(Cl)cc21. The number of aromatic nitrogens is 2. The van der Waals surface area contributed by atoms with E-state index in [9.17, 15) is 4.79 Å². The number of benzene rings is 1. The first-order chi connectivity index (χ1) is 11.5. The van der Waals surface area contributed by atoms with Crippen LogP contribution in [0.1, 0.15) is 32.7 Å². The van der Waals surface area contributed by atoms with Gasteiger partial charge >= 0.3 is 5.69 Å². The van der Waals surface area contributed by atoms with Gasteiger partial charge in [-0.05, 0) is 65.0 Å². The molecule has 0 amide bonds.